The minimum atomic E-state index is -0.150. The molecule has 0 bridgehead atoms. The molecule has 7 heteroatoms. The number of aromatic nitrogens is 1. The Balaban J connectivity index is 1.96. The molecule has 0 saturated heterocycles. The highest BCUT2D eigenvalue weighted by Gasteiger charge is 2.14. The molecule has 1 N–H and O–H groups in total. The van der Waals surface area contributed by atoms with Gasteiger partial charge in [-0.15, -0.1) is 11.3 Å². The van der Waals surface area contributed by atoms with Crippen molar-refractivity contribution in [3.8, 4) is 11.1 Å². The number of nitrogens with zero attached hydrogens (tertiary/aromatic N) is 1. The second-order valence-electron chi connectivity index (χ2n) is 4.61. The summed E-state index contributed by atoms with van der Waals surface area (Å²) in [4.78, 5) is 16.6. The quantitative estimate of drug-likeness (QED) is 0.475. The first-order chi connectivity index (χ1) is 11.1. The summed E-state index contributed by atoms with van der Waals surface area (Å²) in [5.41, 5.74) is 2.95. The minimum Gasteiger partial charge on any atom is -0.321 e. The number of thiophene rings is 1. The highest BCUT2D eigenvalue weighted by atomic mass is 127. The molecular formula is C16H9Cl2IN2OS. The number of rotatable bonds is 3. The number of benzene rings is 1. The number of carbonyl (C=O) groups is 1. The van der Waals surface area contributed by atoms with E-state index in [-0.39, 0.29) is 5.91 Å². The van der Waals surface area contributed by atoms with Crippen molar-refractivity contribution in [1.29, 1.82) is 0 Å². The molecule has 0 unspecified atom stereocenters. The summed E-state index contributed by atoms with van der Waals surface area (Å²) in [6.45, 7) is 0. The molecule has 116 valence electrons. The predicted octanol–water partition coefficient (Wildman–Crippen LogP) is 5.97. The Labute approximate surface area is 160 Å². The molecule has 0 aliphatic rings. The van der Waals surface area contributed by atoms with E-state index < -0.39 is 0 Å². The van der Waals surface area contributed by atoms with E-state index in [0.29, 0.717) is 21.3 Å². The van der Waals surface area contributed by atoms with Gasteiger partial charge in [0.25, 0.3) is 5.91 Å². The zero-order valence-electron chi connectivity index (χ0n) is 11.5. The van der Waals surface area contributed by atoms with Crippen molar-refractivity contribution in [2.24, 2.45) is 0 Å². The lowest BCUT2D eigenvalue weighted by atomic mass is 10.1. The van der Waals surface area contributed by atoms with Crippen molar-refractivity contribution in [2.75, 3.05) is 5.32 Å². The summed E-state index contributed by atoms with van der Waals surface area (Å²) in [7, 11) is 0. The van der Waals surface area contributed by atoms with Crippen LogP contribution in [0.4, 0.5) is 5.69 Å². The van der Waals surface area contributed by atoms with Crippen LogP contribution in [0.1, 0.15) is 10.4 Å². The van der Waals surface area contributed by atoms with Crippen molar-refractivity contribution in [3.63, 3.8) is 0 Å². The van der Waals surface area contributed by atoms with Gasteiger partial charge >= 0.3 is 0 Å². The van der Waals surface area contributed by atoms with Crippen molar-refractivity contribution < 1.29 is 4.79 Å². The van der Waals surface area contributed by atoms with E-state index in [1.165, 1.54) is 11.3 Å². The van der Waals surface area contributed by atoms with E-state index in [2.05, 4.69) is 32.9 Å². The third-order valence-electron chi connectivity index (χ3n) is 3.16. The van der Waals surface area contributed by atoms with Gasteiger partial charge in [-0.3, -0.25) is 9.78 Å². The SMILES string of the molecule is O=C(Nc1ccncc1-c1ccc(Cl)c(Cl)c1)c1ccsc1I. The summed E-state index contributed by atoms with van der Waals surface area (Å²) < 4.78 is 0.949. The normalized spacial score (nSPS) is 10.6. The molecule has 3 rings (SSSR count). The van der Waals surface area contributed by atoms with Crippen LogP contribution in [0, 0.1) is 2.88 Å². The maximum atomic E-state index is 12.4. The van der Waals surface area contributed by atoms with Crippen LogP contribution in [0.2, 0.25) is 10.0 Å². The van der Waals surface area contributed by atoms with E-state index >= 15 is 0 Å². The molecule has 23 heavy (non-hydrogen) atoms. The van der Waals surface area contributed by atoms with Gasteiger partial charge in [-0.25, -0.2) is 0 Å². The zero-order valence-corrected chi connectivity index (χ0v) is 16.0. The minimum absolute atomic E-state index is 0.150. The van der Waals surface area contributed by atoms with Gasteiger partial charge in [-0.2, -0.15) is 0 Å². The lowest BCUT2D eigenvalue weighted by Gasteiger charge is -2.11. The molecular weight excluding hydrogens is 466 g/mol. The topological polar surface area (TPSA) is 42.0 Å². The summed E-state index contributed by atoms with van der Waals surface area (Å²) >= 11 is 15.7. The Bertz CT molecular complexity index is 882. The molecule has 0 atom stereocenters. The largest absolute Gasteiger partial charge is 0.321 e. The van der Waals surface area contributed by atoms with Crippen LogP contribution in [-0.4, -0.2) is 10.9 Å². The lowest BCUT2D eigenvalue weighted by Crippen LogP contribution is -2.12. The van der Waals surface area contributed by atoms with Gasteiger partial charge in [-0.1, -0.05) is 29.3 Å². The van der Waals surface area contributed by atoms with Crippen LogP contribution in [0.3, 0.4) is 0 Å². The van der Waals surface area contributed by atoms with Crippen LogP contribution < -0.4 is 5.32 Å². The monoisotopic (exact) mass is 474 g/mol. The number of carbonyl (C=O) groups excluding carboxylic acids is 1. The summed E-state index contributed by atoms with van der Waals surface area (Å²) in [6.07, 6.45) is 3.32. The average Bonchev–Trinajstić information content (AvgIpc) is 2.97. The van der Waals surface area contributed by atoms with Gasteiger partial charge in [0.15, 0.2) is 0 Å². The Morgan fingerprint density at radius 2 is 2.00 bits per heavy atom. The standard InChI is InChI=1S/C16H9Cl2IN2OS/c17-12-2-1-9(7-13(12)18)11-8-20-5-3-14(11)21-16(22)10-4-6-23-15(10)19/h1-8H,(H,20,21,22). The first-order valence-corrected chi connectivity index (χ1v) is 9.21. The van der Waals surface area contributed by atoms with Crippen molar-refractivity contribution in [2.45, 2.75) is 0 Å². The Kier molecular flexibility index (Phi) is 5.21. The highest BCUT2D eigenvalue weighted by molar-refractivity contribution is 14.1. The third-order valence-corrected chi connectivity index (χ3v) is 5.94. The predicted molar refractivity (Wildman–Crippen MR) is 105 cm³/mol. The van der Waals surface area contributed by atoms with E-state index in [4.69, 9.17) is 23.2 Å². The molecule has 0 aliphatic heterocycles. The van der Waals surface area contributed by atoms with Gasteiger partial charge in [-0.05, 0) is 57.8 Å². The number of pyridine rings is 1. The number of halogens is 3. The second kappa shape index (κ2) is 7.17. The Morgan fingerprint density at radius 3 is 2.70 bits per heavy atom. The Hall–Kier alpha value is -1.15. The molecule has 1 amide bonds. The number of hydrogen-bond donors (Lipinski definition) is 1. The molecule has 0 saturated carbocycles. The van der Waals surface area contributed by atoms with Crippen LogP contribution in [0.15, 0.2) is 48.1 Å². The average molecular weight is 475 g/mol. The smallest absolute Gasteiger partial charge is 0.257 e. The summed E-state index contributed by atoms with van der Waals surface area (Å²) in [5.74, 6) is -0.150. The maximum absolute atomic E-state index is 12.4. The highest BCUT2D eigenvalue weighted by Crippen LogP contribution is 2.32. The second-order valence-corrected chi connectivity index (χ2v) is 8.15. The maximum Gasteiger partial charge on any atom is 0.257 e. The molecule has 3 aromatic rings. The summed E-state index contributed by atoms with van der Waals surface area (Å²) in [5, 5.41) is 5.77. The fraction of sp³-hybridized carbons (Fsp3) is 0. The molecule has 0 aliphatic carbocycles. The van der Waals surface area contributed by atoms with Crippen molar-refractivity contribution in [3.05, 3.63) is 66.6 Å². The van der Waals surface area contributed by atoms with Crippen LogP contribution in [-0.2, 0) is 0 Å². The number of anilines is 1. The van der Waals surface area contributed by atoms with Crippen molar-refractivity contribution in [1.82, 2.24) is 4.98 Å². The lowest BCUT2D eigenvalue weighted by molar-refractivity contribution is 0.102. The van der Waals surface area contributed by atoms with Crippen molar-refractivity contribution >= 4 is 68.7 Å². The van der Waals surface area contributed by atoms with Gasteiger partial charge in [0.05, 0.1) is 24.2 Å². The van der Waals surface area contributed by atoms with E-state index in [1.807, 2.05) is 17.5 Å². The molecule has 0 spiro atoms. The molecule has 1 aromatic carbocycles. The first kappa shape index (κ1) is 16.7. The van der Waals surface area contributed by atoms with Gasteiger partial charge in [0.1, 0.15) is 0 Å². The Morgan fingerprint density at radius 1 is 1.17 bits per heavy atom. The van der Waals surface area contributed by atoms with E-state index in [0.717, 1.165) is 14.0 Å². The zero-order chi connectivity index (χ0) is 16.4. The molecule has 2 aromatic heterocycles. The number of nitrogens with one attached hydrogen (secondary N) is 1. The first-order valence-electron chi connectivity index (χ1n) is 6.50. The number of hydrogen-bond acceptors (Lipinski definition) is 3. The summed E-state index contributed by atoms with van der Waals surface area (Å²) in [6, 6.07) is 8.89. The van der Waals surface area contributed by atoms with Crippen LogP contribution in [0.25, 0.3) is 11.1 Å². The van der Waals surface area contributed by atoms with Crippen LogP contribution in [0.5, 0.6) is 0 Å². The van der Waals surface area contributed by atoms with Gasteiger partial charge in [0, 0.05) is 18.0 Å². The third kappa shape index (κ3) is 3.68. The van der Waals surface area contributed by atoms with Gasteiger partial charge in [0.2, 0.25) is 0 Å². The molecule has 3 nitrogen and oxygen atoms in total. The fourth-order valence-corrected chi connectivity index (χ4v) is 3.82. The molecule has 2 heterocycles. The molecule has 0 fully saturated rings. The van der Waals surface area contributed by atoms with E-state index in [9.17, 15) is 4.79 Å². The number of amides is 1. The van der Waals surface area contributed by atoms with E-state index in [1.54, 1.807) is 30.6 Å². The fourth-order valence-electron chi connectivity index (χ4n) is 2.04. The van der Waals surface area contributed by atoms with Gasteiger partial charge < -0.3 is 5.32 Å². The van der Waals surface area contributed by atoms with Crippen LogP contribution >= 0.6 is 57.1 Å². The molecule has 0 radical (unpaired) electrons.